The van der Waals surface area contributed by atoms with Gasteiger partial charge in [-0.3, -0.25) is 9.69 Å². The smallest absolute Gasteiger partial charge is 0.253 e. The highest BCUT2D eigenvalue weighted by atomic mass is 79.9. The molecule has 0 N–H and O–H groups in total. The topological polar surface area (TPSA) is 23.6 Å². The van der Waals surface area contributed by atoms with E-state index in [1.165, 1.54) is 6.07 Å². The van der Waals surface area contributed by atoms with Crippen LogP contribution in [0.25, 0.3) is 0 Å². The van der Waals surface area contributed by atoms with E-state index in [1.807, 2.05) is 41.3 Å². The molecule has 1 heterocycles. The number of carbonyl (C=O) groups is 1. The second-order valence-electron chi connectivity index (χ2n) is 5.67. The molecule has 0 aliphatic carbocycles. The Morgan fingerprint density at radius 3 is 2.48 bits per heavy atom. The highest BCUT2D eigenvalue weighted by molar-refractivity contribution is 9.10. The number of rotatable bonds is 3. The first-order valence-electron chi connectivity index (χ1n) is 7.64. The fourth-order valence-corrected chi connectivity index (χ4v) is 3.18. The quantitative estimate of drug-likeness (QED) is 0.817. The second kappa shape index (κ2) is 7.23. The van der Waals surface area contributed by atoms with Gasteiger partial charge < -0.3 is 4.90 Å². The molecule has 120 valence electrons. The highest BCUT2D eigenvalue weighted by Crippen LogP contribution is 2.16. The molecule has 0 spiro atoms. The first kappa shape index (κ1) is 16.1. The molecule has 2 aromatic carbocycles. The molecule has 1 aliphatic rings. The van der Waals surface area contributed by atoms with Crippen molar-refractivity contribution in [3.63, 3.8) is 0 Å². The Hall–Kier alpha value is -1.72. The molecular weight excluding hydrogens is 359 g/mol. The Labute approximate surface area is 143 Å². The van der Waals surface area contributed by atoms with Crippen molar-refractivity contribution in [2.24, 2.45) is 0 Å². The molecule has 1 aliphatic heterocycles. The predicted molar refractivity (Wildman–Crippen MR) is 91.7 cm³/mol. The summed E-state index contributed by atoms with van der Waals surface area (Å²) in [5, 5.41) is 0. The van der Waals surface area contributed by atoms with E-state index in [4.69, 9.17) is 0 Å². The molecule has 3 rings (SSSR count). The van der Waals surface area contributed by atoms with E-state index in [1.54, 1.807) is 6.07 Å². The molecule has 1 amide bonds. The van der Waals surface area contributed by atoms with Crippen molar-refractivity contribution in [3.05, 3.63) is 69.9 Å². The Kier molecular flexibility index (Phi) is 5.08. The van der Waals surface area contributed by atoms with E-state index < -0.39 is 0 Å². The summed E-state index contributed by atoms with van der Waals surface area (Å²) in [6.07, 6.45) is 0. The van der Waals surface area contributed by atoms with Crippen LogP contribution in [0.1, 0.15) is 15.9 Å². The fraction of sp³-hybridized carbons (Fsp3) is 0.278. The monoisotopic (exact) mass is 376 g/mol. The van der Waals surface area contributed by atoms with Crippen LogP contribution in [0.3, 0.4) is 0 Å². The van der Waals surface area contributed by atoms with Crippen LogP contribution in [0.5, 0.6) is 0 Å². The third kappa shape index (κ3) is 3.98. The van der Waals surface area contributed by atoms with E-state index in [2.05, 4.69) is 20.8 Å². The number of nitrogens with zero attached hydrogens (tertiary/aromatic N) is 2. The van der Waals surface area contributed by atoms with Crippen LogP contribution in [-0.2, 0) is 6.54 Å². The van der Waals surface area contributed by atoms with Crippen LogP contribution >= 0.6 is 15.9 Å². The molecular formula is C18H18BrFN2O. The number of hydrogen-bond donors (Lipinski definition) is 0. The van der Waals surface area contributed by atoms with Crippen LogP contribution in [-0.4, -0.2) is 41.9 Å². The molecule has 0 aromatic heterocycles. The first-order valence-corrected chi connectivity index (χ1v) is 8.43. The zero-order valence-corrected chi connectivity index (χ0v) is 14.3. The summed E-state index contributed by atoms with van der Waals surface area (Å²) in [7, 11) is 0. The second-order valence-corrected chi connectivity index (χ2v) is 6.59. The minimum atomic E-state index is -0.167. The van der Waals surface area contributed by atoms with Crippen molar-refractivity contribution < 1.29 is 9.18 Å². The third-order valence-electron chi connectivity index (χ3n) is 4.08. The predicted octanol–water partition coefficient (Wildman–Crippen LogP) is 3.55. The van der Waals surface area contributed by atoms with Crippen LogP contribution in [0.15, 0.2) is 53.0 Å². The lowest BCUT2D eigenvalue weighted by Crippen LogP contribution is -2.48. The number of piperazine rings is 1. The number of amides is 1. The number of halogens is 2. The molecule has 0 bridgehead atoms. The van der Waals surface area contributed by atoms with Gasteiger partial charge in [0.05, 0.1) is 0 Å². The molecule has 0 saturated carbocycles. The van der Waals surface area contributed by atoms with Crippen LogP contribution in [0.2, 0.25) is 0 Å². The maximum absolute atomic E-state index is 13.7. The van der Waals surface area contributed by atoms with Gasteiger partial charge in [0.25, 0.3) is 5.91 Å². The van der Waals surface area contributed by atoms with Gasteiger partial charge in [0.1, 0.15) is 5.82 Å². The molecule has 0 radical (unpaired) electrons. The molecule has 5 heteroatoms. The average Bonchev–Trinajstić information content (AvgIpc) is 2.57. The molecule has 0 atom stereocenters. The van der Waals surface area contributed by atoms with Crippen molar-refractivity contribution in [3.8, 4) is 0 Å². The van der Waals surface area contributed by atoms with E-state index >= 15 is 0 Å². The molecule has 1 fully saturated rings. The summed E-state index contributed by atoms with van der Waals surface area (Å²) in [5.74, 6) is -0.114. The van der Waals surface area contributed by atoms with Crippen molar-refractivity contribution in [2.75, 3.05) is 26.2 Å². The normalized spacial score (nSPS) is 15.7. The van der Waals surface area contributed by atoms with Gasteiger partial charge in [-0.1, -0.05) is 40.2 Å². The summed E-state index contributed by atoms with van der Waals surface area (Å²) in [4.78, 5) is 16.5. The lowest BCUT2D eigenvalue weighted by atomic mass is 10.1. The zero-order valence-electron chi connectivity index (χ0n) is 12.7. The first-order chi connectivity index (χ1) is 11.1. The van der Waals surface area contributed by atoms with E-state index in [0.29, 0.717) is 30.8 Å². The lowest BCUT2D eigenvalue weighted by Gasteiger charge is -2.34. The molecule has 23 heavy (non-hydrogen) atoms. The molecule has 1 saturated heterocycles. The minimum absolute atomic E-state index is 0.0526. The Balaban J connectivity index is 1.58. The van der Waals surface area contributed by atoms with Gasteiger partial charge in [-0.25, -0.2) is 4.39 Å². The number of hydrogen-bond acceptors (Lipinski definition) is 2. The lowest BCUT2D eigenvalue weighted by molar-refractivity contribution is 0.0627. The maximum Gasteiger partial charge on any atom is 0.253 e. The van der Waals surface area contributed by atoms with Crippen molar-refractivity contribution in [1.82, 2.24) is 9.80 Å². The van der Waals surface area contributed by atoms with Gasteiger partial charge in [0, 0.05) is 48.3 Å². The summed E-state index contributed by atoms with van der Waals surface area (Å²) in [6, 6.07) is 14.3. The van der Waals surface area contributed by atoms with E-state index in [-0.39, 0.29) is 11.7 Å². The van der Waals surface area contributed by atoms with E-state index in [9.17, 15) is 9.18 Å². The maximum atomic E-state index is 13.7. The van der Waals surface area contributed by atoms with Crippen molar-refractivity contribution >= 4 is 21.8 Å². The van der Waals surface area contributed by atoms with Gasteiger partial charge in [0.15, 0.2) is 0 Å². The van der Waals surface area contributed by atoms with Crippen LogP contribution < -0.4 is 0 Å². The van der Waals surface area contributed by atoms with E-state index in [0.717, 1.165) is 17.6 Å². The molecule has 2 aromatic rings. The standard InChI is InChI=1S/C18H18BrFN2O/c19-16-6-3-5-14(12-16)18(23)22-10-8-21(9-11-22)13-15-4-1-2-7-17(15)20/h1-7,12H,8-11,13H2. The number of carbonyl (C=O) groups excluding carboxylic acids is 1. The average molecular weight is 377 g/mol. The van der Waals surface area contributed by atoms with Gasteiger partial charge in [0.2, 0.25) is 0 Å². The Bertz CT molecular complexity index is 699. The summed E-state index contributed by atoms with van der Waals surface area (Å²) in [5.41, 5.74) is 1.40. The summed E-state index contributed by atoms with van der Waals surface area (Å²) < 4.78 is 14.6. The zero-order chi connectivity index (χ0) is 16.2. The van der Waals surface area contributed by atoms with Crippen LogP contribution in [0, 0.1) is 5.82 Å². The van der Waals surface area contributed by atoms with Gasteiger partial charge >= 0.3 is 0 Å². The number of benzene rings is 2. The van der Waals surface area contributed by atoms with Crippen molar-refractivity contribution in [2.45, 2.75) is 6.54 Å². The largest absolute Gasteiger partial charge is 0.336 e. The Morgan fingerprint density at radius 1 is 1.04 bits per heavy atom. The SMILES string of the molecule is O=C(c1cccc(Br)c1)N1CCN(Cc2ccccc2F)CC1. The third-order valence-corrected chi connectivity index (χ3v) is 4.58. The van der Waals surface area contributed by atoms with Gasteiger partial charge in [-0.05, 0) is 24.3 Å². The summed E-state index contributed by atoms with van der Waals surface area (Å²) in [6.45, 7) is 3.44. The minimum Gasteiger partial charge on any atom is -0.336 e. The molecule has 3 nitrogen and oxygen atoms in total. The van der Waals surface area contributed by atoms with Gasteiger partial charge in [-0.2, -0.15) is 0 Å². The van der Waals surface area contributed by atoms with Crippen LogP contribution in [0.4, 0.5) is 4.39 Å². The fourth-order valence-electron chi connectivity index (χ4n) is 2.78. The summed E-state index contributed by atoms with van der Waals surface area (Å²) >= 11 is 3.39. The highest BCUT2D eigenvalue weighted by Gasteiger charge is 2.22. The Morgan fingerprint density at radius 2 is 1.78 bits per heavy atom. The molecule has 0 unspecified atom stereocenters. The van der Waals surface area contributed by atoms with Gasteiger partial charge in [-0.15, -0.1) is 0 Å². The van der Waals surface area contributed by atoms with Crippen molar-refractivity contribution in [1.29, 1.82) is 0 Å².